The highest BCUT2D eigenvalue weighted by atomic mass is 16.5. The number of benzene rings is 2. The Morgan fingerprint density at radius 3 is 2.65 bits per heavy atom. The molecule has 0 bridgehead atoms. The number of phenolic OH excluding ortho intramolecular Hbond substituents is 2. The van der Waals surface area contributed by atoms with Crippen molar-refractivity contribution in [1.29, 1.82) is 0 Å². The first kappa shape index (κ1) is 13.7. The molecule has 0 fully saturated rings. The fourth-order valence-electron chi connectivity index (χ4n) is 1.68. The molecule has 2 rings (SSSR count). The molecule has 2 aromatic rings. The first-order chi connectivity index (χ1) is 9.60. The number of rotatable bonds is 4. The summed E-state index contributed by atoms with van der Waals surface area (Å²) in [5.41, 5.74) is 0.779. The fraction of sp³-hybridized carbons (Fsp3) is 0.133. The average molecular weight is 274 g/mol. The lowest BCUT2D eigenvalue weighted by Gasteiger charge is -2.07. The molecule has 0 radical (unpaired) electrons. The molecule has 0 saturated heterocycles. The molecule has 5 nitrogen and oxygen atoms in total. The zero-order chi connectivity index (χ0) is 14.5. The summed E-state index contributed by atoms with van der Waals surface area (Å²) >= 11 is 0. The van der Waals surface area contributed by atoms with Crippen molar-refractivity contribution in [2.45, 2.75) is 6.61 Å². The second kappa shape index (κ2) is 5.97. The van der Waals surface area contributed by atoms with Gasteiger partial charge in [-0.3, -0.25) is 0 Å². The van der Waals surface area contributed by atoms with E-state index in [1.54, 1.807) is 31.4 Å². The Morgan fingerprint density at radius 1 is 1.15 bits per heavy atom. The molecule has 0 aliphatic rings. The fourth-order valence-corrected chi connectivity index (χ4v) is 1.68. The summed E-state index contributed by atoms with van der Waals surface area (Å²) in [6.07, 6.45) is 0. The van der Waals surface area contributed by atoms with Gasteiger partial charge in [-0.2, -0.15) is 0 Å². The van der Waals surface area contributed by atoms with Crippen molar-refractivity contribution in [3.8, 4) is 17.2 Å². The largest absolute Gasteiger partial charge is 0.508 e. The lowest BCUT2D eigenvalue weighted by atomic mass is 10.2. The predicted molar refractivity (Wildman–Crippen MR) is 71.9 cm³/mol. The van der Waals surface area contributed by atoms with E-state index in [0.717, 1.165) is 11.6 Å². The van der Waals surface area contributed by atoms with Gasteiger partial charge in [0.15, 0.2) is 0 Å². The molecule has 0 unspecified atom stereocenters. The summed E-state index contributed by atoms with van der Waals surface area (Å²) in [5.74, 6) is -0.427. The van der Waals surface area contributed by atoms with Crippen molar-refractivity contribution >= 4 is 5.97 Å². The molecule has 20 heavy (non-hydrogen) atoms. The number of carbonyl (C=O) groups is 1. The topological polar surface area (TPSA) is 76.0 Å². The average Bonchev–Trinajstić information content (AvgIpc) is 2.45. The molecule has 0 atom stereocenters. The highest BCUT2D eigenvalue weighted by Crippen LogP contribution is 2.23. The summed E-state index contributed by atoms with van der Waals surface area (Å²) in [7, 11) is 1.56. The molecule has 0 spiro atoms. The van der Waals surface area contributed by atoms with E-state index in [1.165, 1.54) is 12.1 Å². The number of esters is 1. The second-order valence-electron chi connectivity index (χ2n) is 4.13. The number of hydrogen-bond donors (Lipinski definition) is 2. The molecule has 0 aliphatic heterocycles. The zero-order valence-electron chi connectivity index (χ0n) is 10.9. The van der Waals surface area contributed by atoms with Crippen molar-refractivity contribution in [2.24, 2.45) is 0 Å². The molecule has 5 heteroatoms. The molecule has 2 N–H and O–H groups in total. The van der Waals surface area contributed by atoms with Crippen LogP contribution in [0.15, 0.2) is 42.5 Å². The van der Waals surface area contributed by atoms with Crippen molar-refractivity contribution in [2.75, 3.05) is 7.11 Å². The van der Waals surface area contributed by atoms with Crippen molar-refractivity contribution in [3.05, 3.63) is 53.6 Å². The van der Waals surface area contributed by atoms with E-state index >= 15 is 0 Å². The Hall–Kier alpha value is -2.69. The van der Waals surface area contributed by atoms with E-state index in [-0.39, 0.29) is 23.7 Å². The van der Waals surface area contributed by atoms with Crippen LogP contribution in [0, 0.1) is 0 Å². The standard InChI is InChI=1S/C15H14O5/c1-19-12-4-2-3-10(7-12)9-20-15(18)13-6-5-11(16)8-14(13)17/h2-8,16-17H,9H2,1H3. The normalized spacial score (nSPS) is 10.1. The quantitative estimate of drug-likeness (QED) is 0.837. The van der Waals surface area contributed by atoms with E-state index in [9.17, 15) is 9.90 Å². The minimum Gasteiger partial charge on any atom is -0.508 e. The van der Waals surface area contributed by atoms with Crippen LogP contribution < -0.4 is 4.74 Å². The van der Waals surface area contributed by atoms with Crippen molar-refractivity contribution in [1.82, 2.24) is 0 Å². The number of hydrogen-bond acceptors (Lipinski definition) is 5. The summed E-state index contributed by atoms with van der Waals surface area (Å²) in [6, 6.07) is 10.8. The zero-order valence-corrected chi connectivity index (χ0v) is 10.9. The minimum absolute atomic E-state index is 0.00527. The highest BCUT2D eigenvalue weighted by molar-refractivity contribution is 5.92. The summed E-state index contributed by atoms with van der Waals surface area (Å²) in [4.78, 5) is 11.8. The van der Waals surface area contributed by atoms with Crippen LogP contribution >= 0.6 is 0 Å². The molecular weight excluding hydrogens is 260 g/mol. The molecule has 0 heterocycles. The number of phenols is 2. The smallest absolute Gasteiger partial charge is 0.342 e. The Kier molecular flexibility index (Phi) is 4.10. The Labute approximate surface area is 116 Å². The summed E-state index contributed by atoms with van der Waals surface area (Å²) < 4.78 is 10.2. The van der Waals surface area contributed by atoms with Gasteiger partial charge in [0.25, 0.3) is 0 Å². The lowest BCUT2D eigenvalue weighted by molar-refractivity contribution is 0.0469. The summed E-state index contributed by atoms with van der Waals surface area (Å²) in [6.45, 7) is 0.0658. The Morgan fingerprint density at radius 2 is 1.95 bits per heavy atom. The molecule has 0 saturated carbocycles. The lowest BCUT2D eigenvalue weighted by Crippen LogP contribution is -2.05. The predicted octanol–water partition coefficient (Wildman–Crippen LogP) is 2.46. The molecule has 2 aromatic carbocycles. The first-order valence-electron chi connectivity index (χ1n) is 5.92. The van der Waals surface area contributed by atoms with Crippen LogP contribution in [0.1, 0.15) is 15.9 Å². The maximum absolute atomic E-state index is 11.8. The van der Waals surface area contributed by atoms with E-state index in [0.29, 0.717) is 5.75 Å². The van der Waals surface area contributed by atoms with Gasteiger partial charge in [-0.15, -0.1) is 0 Å². The van der Waals surface area contributed by atoms with E-state index in [1.807, 2.05) is 0 Å². The number of aromatic hydroxyl groups is 2. The highest BCUT2D eigenvalue weighted by Gasteiger charge is 2.13. The van der Waals surface area contributed by atoms with Crippen LogP contribution in [0.4, 0.5) is 0 Å². The van der Waals surface area contributed by atoms with Crippen LogP contribution in [-0.2, 0) is 11.3 Å². The molecule has 0 aromatic heterocycles. The molecule has 104 valence electrons. The van der Waals surface area contributed by atoms with Crippen LogP contribution in [0.2, 0.25) is 0 Å². The third kappa shape index (κ3) is 3.20. The molecular formula is C15H14O5. The van der Waals surface area contributed by atoms with Crippen LogP contribution in [0.5, 0.6) is 17.2 Å². The van der Waals surface area contributed by atoms with Crippen LogP contribution in [0.25, 0.3) is 0 Å². The third-order valence-electron chi connectivity index (χ3n) is 2.71. The number of methoxy groups -OCH3 is 1. The van der Waals surface area contributed by atoms with Crippen molar-refractivity contribution in [3.63, 3.8) is 0 Å². The van der Waals surface area contributed by atoms with Gasteiger partial charge < -0.3 is 19.7 Å². The van der Waals surface area contributed by atoms with E-state index in [2.05, 4.69) is 0 Å². The maximum atomic E-state index is 11.8. The number of ether oxygens (including phenoxy) is 2. The number of carbonyl (C=O) groups excluding carboxylic acids is 1. The third-order valence-corrected chi connectivity index (χ3v) is 2.71. The SMILES string of the molecule is COc1cccc(COC(=O)c2ccc(O)cc2O)c1. The van der Waals surface area contributed by atoms with Gasteiger partial charge in [-0.1, -0.05) is 12.1 Å². The van der Waals surface area contributed by atoms with Crippen LogP contribution in [-0.4, -0.2) is 23.3 Å². The Balaban J connectivity index is 2.04. The van der Waals surface area contributed by atoms with Gasteiger partial charge >= 0.3 is 5.97 Å². The molecule has 0 aliphatic carbocycles. The van der Waals surface area contributed by atoms with Gasteiger partial charge in [0.1, 0.15) is 29.4 Å². The van der Waals surface area contributed by atoms with E-state index in [4.69, 9.17) is 14.6 Å². The van der Waals surface area contributed by atoms with Gasteiger partial charge in [0.2, 0.25) is 0 Å². The Bertz CT molecular complexity index is 621. The van der Waals surface area contributed by atoms with Crippen molar-refractivity contribution < 1.29 is 24.5 Å². The van der Waals surface area contributed by atoms with E-state index < -0.39 is 5.97 Å². The van der Waals surface area contributed by atoms with Gasteiger partial charge in [-0.25, -0.2) is 4.79 Å². The van der Waals surface area contributed by atoms with Gasteiger partial charge in [0, 0.05) is 6.07 Å². The monoisotopic (exact) mass is 274 g/mol. The maximum Gasteiger partial charge on any atom is 0.342 e. The van der Waals surface area contributed by atoms with Crippen LogP contribution in [0.3, 0.4) is 0 Å². The summed E-state index contributed by atoms with van der Waals surface area (Å²) in [5, 5.41) is 18.7. The first-order valence-corrected chi connectivity index (χ1v) is 5.92. The minimum atomic E-state index is -0.662. The molecule has 0 amide bonds. The second-order valence-corrected chi connectivity index (χ2v) is 4.13. The van der Waals surface area contributed by atoms with Gasteiger partial charge in [-0.05, 0) is 29.8 Å². The van der Waals surface area contributed by atoms with Gasteiger partial charge in [0.05, 0.1) is 7.11 Å².